The molecule has 6 rings (SSSR count). The maximum absolute atomic E-state index is 13.3. The van der Waals surface area contributed by atoms with E-state index in [1.165, 1.54) is 30.6 Å². The number of carbonyl (C=O) groups excluding carboxylic acids is 2. The average molecular weight is 416 g/mol. The van der Waals surface area contributed by atoms with Crippen molar-refractivity contribution >= 4 is 34.4 Å². The first kappa shape index (κ1) is 18.5. The molecule has 2 heterocycles. The lowest BCUT2D eigenvalue weighted by atomic mass is 9.48. The van der Waals surface area contributed by atoms with Crippen LogP contribution in [-0.2, 0) is 20.7 Å². The highest BCUT2D eigenvalue weighted by molar-refractivity contribution is 7.14. The van der Waals surface area contributed by atoms with Gasteiger partial charge in [-0.1, -0.05) is 0 Å². The van der Waals surface area contributed by atoms with Gasteiger partial charge < -0.3 is 4.74 Å². The molecule has 4 aliphatic carbocycles. The highest BCUT2D eigenvalue weighted by atomic mass is 32.1. The molecule has 1 atom stereocenters. The molecule has 0 amide bonds. The molecule has 4 aliphatic rings. The van der Waals surface area contributed by atoms with E-state index in [9.17, 15) is 9.59 Å². The lowest BCUT2D eigenvalue weighted by Gasteiger charge is -2.56. The van der Waals surface area contributed by atoms with E-state index in [1.807, 2.05) is 22.2 Å². The molecule has 4 fully saturated rings. The fourth-order valence-electron chi connectivity index (χ4n) is 6.19. The van der Waals surface area contributed by atoms with Crippen LogP contribution in [0.3, 0.4) is 0 Å². The van der Waals surface area contributed by atoms with Crippen LogP contribution in [0.25, 0.3) is 10.6 Å². The van der Waals surface area contributed by atoms with Crippen molar-refractivity contribution in [1.29, 1.82) is 0 Å². The second kappa shape index (κ2) is 7.06. The number of ether oxygens (including phenoxy) is 1. The maximum atomic E-state index is 13.3. The minimum atomic E-state index is -0.654. The normalized spacial score (nSPS) is 31.7. The molecular weight excluding hydrogens is 390 g/mol. The summed E-state index contributed by atoms with van der Waals surface area (Å²) in [4.78, 5) is 30.2. The molecular formula is C22H25NO3S2. The van der Waals surface area contributed by atoms with Crippen LogP contribution in [0, 0.1) is 23.2 Å². The van der Waals surface area contributed by atoms with Gasteiger partial charge in [0.15, 0.2) is 11.9 Å². The molecule has 0 N–H and O–H groups in total. The van der Waals surface area contributed by atoms with Crippen molar-refractivity contribution in [2.75, 3.05) is 0 Å². The zero-order valence-electron chi connectivity index (χ0n) is 16.1. The topological polar surface area (TPSA) is 56.3 Å². The second-order valence-electron chi connectivity index (χ2n) is 9.03. The monoisotopic (exact) mass is 415 g/mol. The van der Waals surface area contributed by atoms with E-state index in [0.717, 1.165) is 29.8 Å². The maximum Gasteiger partial charge on any atom is 0.312 e. The van der Waals surface area contributed by atoms with Gasteiger partial charge in [-0.2, -0.15) is 11.3 Å². The Hall–Kier alpha value is -1.53. The van der Waals surface area contributed by atoms with E-state index in [1.54, 1.807) is 18.3 Å². The molecule has 148 valence electrons. The van der Waals surface area contributed by atoms with Crippen molar-refractivity contribution in [3.63, 3.8) is 0 Å². The van der Waals surface area contributed by atoms with Gasteiger partial charge in [-0.05, 0) is 74.6 Å². The predicted octanol–water partition coefficient (Wildman–Crippen LogP) is 5.13. The van der Waals surface area contributed by atoms with Crippen molar-refractivity contribution in [2.45, 2.75) is 58.0 Å². The van der Waals surface area contributed by atoms with Crippen LogP contribution in [0.1, 0.15) is 51.1 Å². The summed E-state index contributed by atoms with van der Waals surface area (Å²) in [5.74, 6) is 1.95. The largest absolute Gasteiger partial charge is 0.454 e. The SMILES string of the molecule is CC(OC(=O)Cc1csc(-c2ccsc2)n1)C(=O)C12CC3CC(CC(C3)C1)C2. The van der Waals surface area contributed by atoms with Crippen molar-refractivity contribution in [3.05, 3.63) is 27.9 Å². The third-order valence-electron chi connectivity index (χ3n) is 6.88. The van der Waals surface area contributed by atoms with Crippen LogP contribution < -0.4 is 0 Å². The van der Waals surface area contributed by atoms with Gasteiger partial charge in [-0.25, -0.2) is 4.98 Å². The average Bonchev–Trinajstić information content (AvgIpc) is 3.31. The number of hydrogen-bond donors (Lipinski definition) is 0. The summed E-state index contributed by atoms with van der Waals surface area (Å²) >= 11 is 3.16. The Balaban J connectivity index is 1.21. The number of ketones is 1. The van der Waals surface area contributed by atoms with Gasteiger partial charge in [0.1, 0.15) is 5.01 Å². The van der Waals surface area contributed by atoms with Crippen molar-refractivity contribution in [1.82, 2.24) is 4.98 Å². The molecule has 0 saturated heterocycles. The molecule has 1 unspecified atom stereocenters. The van der Waals surface area contributed by atoms with Crippen LogP contribution in [0.4, 0.5) is 0 Å². The van der Waals surface area contributed by atoms with E-state index in [2.05, 4.69) is 4.98 Å². The molecule has 0 radical (unpaired) electrons. The summed E-state index contributed by atoms with van der Waals surface area (Å²) in [5.41, 5.74) is 1.58. The summed E-state index contributed by atoms with van der Waals surface area (Å²) in [6, 6.07) is 2.03. The second-order valence-corrected chi connectivity index (χ2v) is 10.7. The van der Waals surface area contributed by atoms with Gasteiger partial charge in [-0.3, -0.25) is 9.59 Å². The third-order valence-corrected chi connectivity index (χ3v) is 8.51. The van der Waals surface area contributed by atoms with Gasteiger partial charge in [0.25, 0.3) is 0 Å². The van der Waals surface area contributed by atoms with Crippen molar-refractivity contribution in [2.24, 2.45) is 23.2 Å². The quantitative estimate of drug-likeness (QED) is 0.614. The molecule has 4 bridgehead atoms. The van der Waals surface area contributed by atoms with Gasteiger partial charge in [0.2, 0.25) is 0 Å². The first-order valence-corrected chi connectivity index (χ1v) is 12.0. The van der Waals surface area contributed by atoms with E-state index in [-0.39, 0.29) is 23.6 Å². The molecule has 0 spiro atoms. The van der Waals surface area contributed by atoms with Gasteiger partial charge in [0, 0.05) is 21.7 Å². The molecule has 0 aromatic carbocycles. The lowest BCUT2D eigenvalue weighted by Crippen LogP contribution is -2.52. The number of thiazole rings is 1. The molecule has 0 aliphatic heterocycles. The zero-order valence-corrected chi connectivity index (χ0v) is 17.7. The molecule has 2 aromatic rings. The molecule has 28 heavy (non-hydrogen) atoms. The minimum Gasteiger partial charge on any atom is -0.454 e. The Labute approximate surface area is 173 Å². The Morgan fingerprint density at radius 1 is 1.18 bits per heavy atom. The first-order chi connectivity index (χ1) is 13.5. The van der Waals surface area contributed by atoms with E-state index in [4.69, 9.17) is 4.74 Å². The summed E-state index contributed by atoms with van der Waals surface area (Å²) in [5, 5.41) is 6.89. The van der Waals surface area contributed by atoms with Gasteiger partial charge >= 0.3 is 5.97 Å². The number of thiophene rings is 1. The Morgan fingerprint density at radius 3 is 2.46 bits per heavy atom. The van der Waals surface area contributed by atoms with Crippen LogP contribution in [0.2, 0.25) is 0 Å². The Kier molecular flexibility index (Phi) is 4.67. The molecule has 4 saturated carbocycles. The highest BCUT2D eigenvalue weighted by Gasteiger charge is 2.55. The van der Waals surface area contributed by atoms with Crippen LogP contribution >= 0.6 is 22.7 Å². The first-order valence-electron chi connectivity index (χ1n) is 10.2. The number of nitrogens with zero attached hydrogens (tertiary/aromatic N) is 1. The fourth-order valence-corrected chi connectivity index (χ4v) is 7.72. The number of carbonyl (C=O) groups is 2. The number of aromatic nitrogens is 1. The Morgan fingerprint density at radius 2 is 1.86 bits per heavy atom. The van der Waals surface area contributed by atoms with Crippen LogP contribution in [0.5, 0.6) is 0 Å². The van der Waals surface area contributed by atoms with E-state index in [0.29, 0.717) is 23.4 Å². The Bertz CT molecular complexity index is 850. The van der Waals surface area contributed by atoms with Crippen molar-refractivity contribution in [3.8, 4) is 10.6 Å². The number of esters is 1. The molecule has 6 heteroatoms. The van der Waals surface area contributed by atoms with Gasteiger partial charge in [-0.15, -0.1) is 11.3 Å². The van der Waals surface area contributed by atoms with Crippen LogP contribution in [-0.4, -0.2) is 22.8 Å². The van der Waals surface area contributed by atoms with E-state index >= 15 is 0 Å². The lowest BCUT2D eigenvalue weighted by molar-refractivity contribution is -0.164. The summed E-state index contributed by atoms with van der Waals surface area (Å²) in [7, 11) is 0. The van der Waals surface area contributed by atoms with Crippen molar-refractivity contribution < 1.29 is 14.3 Å². The standard InChI is InChI=1S/C22H25NO3S2/c1-13(20(25)22-8-14-4-15(9-22)6-16(5-14)10-22)26-19(24)7-18-12-28-21(23-18)17-2-3-27-11-17/h2-3,11-16H,4-10H2,1H3. The van der Waals surface area contributed by atoms with E-state index < -0.39 is 6.10 Å². The summed E-state index contributed by atoms with van der Waals surface area (Å²) < 4.78 is 5.58. The highest BCUT2D eigenvalue weighted by Crippen LogP contribution is 2.60. The number of hydrogen-bond acceptors (Lipinski definition) is 6. The minimum absolute atomic E-state index is 0.124. The fraction of sp³-hybridized carbons (Fsp3) is 0.591. The summed E-state index contributed by atoms with van der Waals surface area (Å²) in [6.45, 7) is 1.76. The smallest absolute Gasteiger partial charge is 0.312 e. The van der Waals surface area contributed by atoms with Crippen LogP contribution in [0.15, 0.2) is 22.2 Å². The number of rotatable bonds is 6. The summed E-state index contributed by atoms with van der Waals surface area (Å²) in [6.07, 6.45) is 6.41. The predicted molar refractivity (Wildman–Crippen MR) is 110 cm³/mol. The molecule has 4 nitrogen and oxygen atoms in total. The zero-order chi connectivity index (χ0) is 19.3. The van der Waals surface area contributed by atoms with Gasteiger partial charge in [0.05, 0.1) is 12.1 Å². The molecule has 2 aromatic heterocycles. The number of Topliss-reactive ketones (excluding diaryl/α,β-unsaturated/α-hetero) is 1. The third kappa shape index (κ3) is 3.35.